The highest BCUT2D eigenvalue weighted by atomic mass is 16.2. The van der Waals surface area contributed by atoms with Gasteiger partial charge in [0.05, 0.1) is 22.5 Å². The van der Waals surface area contributed by atoms with Crippen LogP contribution in [0.25, 0.3) is 0 Å². The number of carbonyl (C=O) groups excluding carboxylic acids is 2. The number of rotatable bonds is 4. The van der Waals surface area contributed by atoms with E-state index >= 15 is 0 Å². The van der Waals surface area contributed by atoms with Crippen LogP contribution in [0.5, 0.6) is 0 Å². The van der Waals surface area contributed by atoms with Gasteiger partial charge in [0.15, 0.2) is 0 Å². The number of piperazine rings is 1. The molecular formula is C25H27N5O2. The first-order chi connectivity index (χ1) is 15.3. The van der Waals surface area contributed by atoms with Gasteiger partial charge in [0, 0.05) is 31.4 Å². The van der Waals surface area contributed by atoms with Crippen molar-refractivity contribution in [1.82, 2.24) is 9.88 Å². The highest BCUT2D eigenvalue weighted by molar-refractivity contribution is 6.05. The number of nitrogens with one attached hydrogen (secondary N) is 1. The molecule has 7 heteroatoms. The molecule has 0 radical (unpaired) electrons. The van der Waals surface area contributed by atoms with Crippen LogP contribution in [0.2, 0.25) is 0 Å². The van der Waals surface area contributed by atoms with Gasteiger partial charge >= 0.3 is 0 Å². The maximum atomic E-state index is 13.0. The lowest BCUT2D eigenvalue weighted by atomic mass is 9.97. The first-order valence-electron chi connectivity index (χ1n) is 10.6. The van der Waals surface area contributed by atoms with Crippen LogP contribution in [0.15, 0.2) is 72.9 Å². The molecular weight excluding hydrogens is 402 g/mol. The van der Waals surface area contributed by atoms with Crippen LogP contribution in [-0.2, 0) is 0 Å². The summed E-state index contributed by atoms with van der Waals surface area (Å²) in [7, 11) is 0. The van der Waals surface area contributed by atoms with Crippen molar-refractivity contribution in [3.05, 3.63) is 84.1 Å². The lowest BCUT2D eigenvalue weighted by Gasteiger charge is -2.47. The van der Waals surface area contributed by atoms with E-state index in [1.807, 2.05) is 53.4 Å². The fourth-order valence-corrected chi connectivity index (χ4v) is 3.98. The first kappa shape index (κ1) is 21.4. The summed E-state index contributed by atoms with van der Waals surface area (Å²) < 4.78 is 0. The second kappa shape index (κ2) is 8.70. The van der Waals surface area contributed by atoms with Crippen LogP contribution in [0.3, 0.4) is 0 Å². The number of nitrogens with zero attached hydrogens (tertiary/aromatic N) is 3. The standard InChI is InChI=1S/C25H27N5O2/c1-25(2)17-29(14-15-30(25)24(32)18-8-4-3-5-9-18)22-13-12-19(16-27-22)23(31)28-21-11-7-6-10-20(21)26/h3-13,16H,14-15,17,26H2,1-2H3,(H,28,31). The van der Waals surface area contributed by atoms with Gasteiger partial charge < -0.3 is 20.9 Å². The molecule has 7 nitrogen and oxygen atoms in total. The Hall–Kier alpha value is -3.87. The number of hydrogen-bond acceptors (Lipinski definition) is 5. The molecule has 2 amide bonds. The molecule has 164 valence electrons. The van der Waals surface area contributed by atoms with Crippen molar-refractivity contribution >= 4 is 29.0 Å². The van der Waals surface area contributed by atoms with Crippen molar-refractivity contribution in [2.75, 3.05) is 35.6 Å². The topological polar surface area (TPSA) is 91.6 Å². The van der Waals surface area contributed by atoms with E-state index in [0.717, 1.165) is 5.82 Å². The zero-order valence-electron chi connectivity index (χ0n) is 18.3. The third-order valence-electron chi connectivity index (χ3n) is 5.71. The fourth-order valence-electron chi connectivity index (χ4n) is 3.98. The number of aromatic nitrogens is 1. The zero-order valence-corrected chi connectivity index (χ0v) is 18.3. The molecule has 0 aliphatic carbocycles. The third-order valence-corrected chi connectivity index (χ3v) is 5.71. The zero-order chi connectivity index (χ0) is 22.7. The molecule has 0 atom stereocenters. The van der Waals surface area contributed by atoms with Crippen LogP contribution >= 0.6 is 0 Å². The Morgan fingerprint density at radius 2 is 1.66 bits per heavy atom. The number of pyridine rings is 1. The molecule has 1 saturated heterocycles. The van der Waals surface area contributed by atoms with Crippen LogP contribution in [-0.4, -0.2) is 46.9 Å². The van der Waals surface area contributed by atoms with Crippen molar-refractivity contribution in [1.29, 1.82) is 0 Å². The number of benzene rings is 2. The van der Waals surface area contributed by atoms with Crippen molar-refractivity contribution < 1.29 is 9.59 Å². The average Bonchev–Trinajstić information content (AvgIpc) is 2.80. The van der Waals surface area contributed by atoms with E-state index in [1.54, 1.807) is 24.4 Å². The van der Waals surface area contributed by atoms with Crippen molar-refractivity contribution in [3.63, 3.8) is 0 Å². The highest BCUT2D eigenvalue weighted by Crippen LogP contribution is 2.26. The summed E-state index contributed by atoms with van der Waals surface area (Å²) in [6.45, 7) is 6.03. The molecule has 4 rings (SSSR count). The number of para-hydroxylation sites is 2. The van der Waals surface area contributed by atoms with E-state index in [9.17, 15) is 9.59 Å². The van der Waals surface area contributed by atoms with E-state index in [1.165, 1.54) is 0 Å². The number of carbonyl (C=O) groups is 2. The van der Waals surface area contributed by atoms with Gasteiger partial charge in [0.2, 0.25) is 0 Å². The molecule has 1 aliphatic heterocycles. The van der Waals surface area contributed by atoms with Gasteiger partial charge in [-0.15, -0.1) is 0 Å². The van der Waals surface area contributed by atoms with Crippen molar-refractivity contribution in [2.24, 2.45) is 0 Å². The maximum absolute atomic E-state index is 13.0. The number of amides is 2. The van der Waals surface area contributed by atoms with E-state index in [-0.39, 0.29) is 17.4 Å². The summed E-state index contributed by atoms with van der Waals surface area (Å²) in [5.41, 5.74) is 7.76. The van der Waals surface area contributed by atoms with Crippen LogP contribution in [0.4, 0.5) is 17.2 Å². The van der Waals surface area contributed by atoms with Gasteiger partial charge in [-0.05, 0) is 50.2 Å². The normalized spacial score (nSPS) is 15.3. The van der Waals surface area contributed by atoms with E-state index in [0.29, 0.717) is 42.1 Å². The SMILES string of the molecule is CC1(C)CN(c2ccc(C(=O)Nc3ccccc3N)cn2)CCN1C(=O)c1ccccc1. The smallest absolute Gasteiger partial charge is 0.257 e. The Balaban J connectivity index is 1.43. The minimum absolute atomic E-state index is 0.0374. The van der Waals surface area contributed by atoms with Crippen LogP contribution in [0, 0.1) is 0 Å². The summed E-state index contributed by atoms with van der Waals surface area (Å²) >= 11 is 0. The minimum Gasteiger partial charge on any atom is -0.397 e. The average molecular weight is 430 g/mol. The summed E-state index contributed by atoms with van der Waals surface area (Å²) in [6.07, 6.45) is 1.57. The molecule has 3 N–H and O–H groups in total. The molecule has 1 aromatic heterocycles. The summed E-state index contributed by atoms with van der Waals surface area (Å²) in [6, 6.07) is 20.1. The van der Waals surface area contributed by atoms with Crippen LogP contribution in [0.1, 0.15) is 34.6 Å². The lowest BCUT2D eigenvalue weighted by molar-refractivity contribution is 0.0513. The monoisotopic (exact) mass is 429 g/mol. The van der Waals surface area contributed by atoms with Gasteiger partial charge in [0.1, 0.15) is 5.82 Å². The number of nitrogens with two attached hydrogens (primary N) is 1. The summed E-state index contributed by atoms with van der Waals surface area (Å²) in [5.74, 6) is 0.552. The molecule has 1 aliphatic rings. The Morgan fingerprint density at radius 1 is 0.938 bits per heavy atom. The molecule has 0 spiro atoms. The Bertz CT molecular complexity index is 1110. The third kappa shape index (κ3) is 4.42. The highest BCUT2D eigenvalue weighted by Gasteiger charge is 2.37. The Morgan fingerprint density at radius 3 is 2.31 bits per heavy atom. The predicted molar refractivity (Wildman–Crippen MR) is 127 cm³/mol. The molecule has 0 unspecified atom stereocenters. The van der Waals surface area contributed by atoms with Crippen LogP contribution < -0.4 is 16.0 Å². The fraction of sp³-hybridized carbons (Fsp3) is 0.240. The molecule has 1 fully saturated rings. The first-order valence-corrected chi connectivity index (χ1v) is 10.6. The second-order valence-electron chi connectivity index (χ2n) is 8.50. The van der Waals surface area contributed by atoms with Gasteiger partial charge in [-0.25, -0.2) is 4.98 Å². The van der Waals surface area contributed by atoms with Gasteiger partial charge in [0.25, 0.3) is 11.8 Å². The van der Waals surface area contributed by atoms with Gasteiger partial charge in [-0.3, -0.25) is 9.59 Å². The maximum Gasteiger partial charge on any atom is 0.257 e. The molecule has 2 heterocycles. The number of anilines is 3. The largest absolute Gasteiger partial charge is 0.397 e. The summed E-state index contributed by atoms with van der Waals surface area (Å²) in [5, 5.41) is 2.81. The van der Waals surface area contributed by atoms with Gasteiger partial charge in [-0.2, -0.15) is 0 Å². The van der Waals surface area contributed by atoms with E-state index in [4.69, 9.17) is 5.73 Å². The van der Waals surface area contributed by atoms with Crippen molar-refractivity contribution in [2.45, 2.75) is 19.4 Å². The predicted octanol–water partition coefficient (Wildman–Crippen LogP) is 3.66. The molecule has 3 aromatic rings. The van der Waals surface area contributed by atoms with Crippen molar-refractivity contribution in [3.8, 4) is 0 Å². The lowest BCUT2D eigenvalue weighted by Crippen LogP contribution is -2.61. The number of nitrogen functional groups attached to an aromatic ring is 1. The molecule has 0 saturated carbocycles. The molecule has 32 heavy (non-hydrogen) atoms. The van der Waals surface area contributed by atoms with Gasteiger partial charge in [-0.1, -0.05) is 30.3 Å². The number of hydrogen-bond donors (Lipinski definition) is 2. The Kier molecular flexibility index (Phi) is 5.81. The second-order valence-corrected chi connectivity index (χ2v) is 8.50. The summed E-state index contributed by atoms with van der Waals surface area (Å²) in [4.78, 5) is 34.1. The van der Waals surface area contributed by atoms with E-state index in [2.05, 4.69) is 29.0 Å². The molecule has 2 aromatic carbocycles. The van der Waals surface area contributed by atoms with E-state index < -0.39 is 0 Å². The Labute approximate surface area is 187 Å². The molecule has 0 bridgehead atoms. The minimum atomic E-state index is -0.367. The quantitative estimate of drug-likeness (QED) is 0.618.